The molecular formula is C18H24N2O2. The molecule has 2 rings (SSSR count). The summed E-state index contributed by atoms with van der Waals surface area (Å²) in [5.74, 6) is 0.598. The van der Waals surface area contributed by atoms with Gasteiger partial charge in [-0.1, -0.05) is 32.6 Å². The van der Waals surface area contributed by atoms with Crippen LogP contribution in [0.3, 0.4) is 0 Å². The topological polar surface area (TPSA) is 62.1 Å². The van der Waals surface area contributed by atoms with Crippen molar-refractivity contribution in [3.8, 4) is 11.8 Å². The second-order valence-electron chi connectivity index (χ2n) is 5.94. The van der Waals surface area contributed by atoms with Crippen LogP contribution in [-0.4, -0.2) is 18.1 Å². The van der Waals surface area contributed by atoms with Gasteiger partial charge < -0.3 is 10.1 Å². The second kappa shape index (κ2) is 7.84. The monoisotopic (exact) mass is 300 g/mol. The van der Waals surface area contributed by atoms with Crippen LogP contribution in [0.5, 0.6) is 5.75 Å². The zero-order valence-corrected chi connectivity index (χ0v) is 13.2. The lowest BCUT2D eigenvalue weighted by atomic mass is 9.82. The molecule has 1 fully saturated rings. The number of amides is 1. The maximum atomic E-state index is 12.3. The summed E-state index contributed by atoms with van der Waals surface area (Å²) in [4.78, 5) is 12.3. The van der Waals surface area contributed by atoms with Crippen LogP contribution in [-0.2, 0) is 0 Å². The van der Waals surface area contributed by atoms with E-state index in [1.54, 1.807) is 12.1 Å². The third kappa shape index (κ3) is 4.24. The lowest BCUT2D eigenvalue weighted by molar-refractivity contribution is 0.0902. The lowest BCUT2D eigenvalue weighted by Crippen LogP contribution is -2.48. The molecular weight excluding hydrogens is 276 g/mol. The molecule has 0 bridgehead atoms. The molecule has 0 unspecified atom stereocenters. The molecule has 1 aromatic carbocycles. The first-order valence-electron chi connectivity index (χ1n) is 8.16. The molecule has 0 spiro atoms. The van der Waals surface area contributed by atoms with Gasteiger partial charge in [0, 0.05) is 5.56 Å². The van der Waals surface area contributed by atoms with Gasteiger partial charge in [0.15, 0.2) is 0 Å². The highest BCUT2D eigenvalue weighted by Crippen LogP contribution is 2.28. The van der Waals surface area contributed by atoms with Gasteiger partial charge in [-0.05, 0) is 43.5 Å². The highest BCUT2D eigenvalue weighted by atomic mass is 16.5. The van der Waals surface area contributed by atoms with Crippen LogP contribution < -0.4 is 10.1 Å². The molecule has 4 heteroatoms. The van der Waals surface area contributed by atoms with E-state index in [2.05, 4.69) is 18.3 Å². The predicted molar refractivity (Wildman–Crippen MR) is 85.7 cm³/mol. The summed E-state index contributed by atoms with van der Waals surface area (Å²) in [6.07, 6.45) is 6.74. The van der Waals surface area contributed by atoms with E-state index < -0.39 is 5.54 Å². The Kier molecular flexibility index (Phi) is 5.83. The molecule has 1 saturated carbocycles. The third-order valence-corrected chi connectivity index (χ3v) is 4.16. The van der Waals surface area contributed by atoms with Crippen molar-refractivity contribution >= 4 is 5.91 Å². The smallest absolute Gasteiger partial charge is 0.252 e. The molecule has 0 aliphatic heterocycles. The van der Waals surface area contributed by atoms with Gasteiger partial charge in [-0.2, -0.15) is 5.26 Å². The highest BCUT2D eigenvalue weighted by molar-refractivity contribution is 5.95. The number of unbranched alkanes of at least 4 members (excludes halogenated alkanes) is 1. The molecule has 0 saturated heterocycles. The summed E-state index contributed by atoms with van der Waals surface area (Å²) in [5.41, 5.74) is -0.117. The Bertz CT molecular complexity index is 525. The average molecular weight is 300 g/mol. The van der Waals surface area contributed by atoms with Gasteiger partial charge >= 0.3 is 0 Å². The van der Waals surface area contributed by atoms with E-state index in [0.29, 0.717) is 12.2 Å². The van der Waals surface area contributed by atoms with Gasteiger partial charge in [0.05, 0.1) is 12.7 Å². The third-order valence-electron chi connectivity index (χ3n) is 4.16. The van der Waals surface area contributed by atoms with E-state index in [-0.39, 0.29) is 5.91 Å². The Morgan fingerprint density at radius 1 is 1.27 bits per heavy atom. The summed E-state index contributed by atoms with van der Waals surface area (Å²) < 4.78 is 5.59. The average Bonchev–Trinajstić information content (AvgIpc) is 2.56. The summed E-state index contributed by atoms with van der Waals surface area (Å²) in [6, 6.07) is 9.44. The number of hydrogen-bond acceptors (Lipinski definition) is 3. The maximum Gasteiger partial charge on any atom is 0.252 e. The number of hydrogen-bond donors (Lipinski definition) is 1. The Hall–Kier alpha value is -2.02. The van der Waals surface area contributed by atoms with Crippen LogP contribution >= 0.6 is 0 Å². The minimum absolute atomic E-state index is 0.177. The zero-order valence-electron chi connectivity index (χ0n) is 13.2. The number of rotatable bonds is 6. The molecule has 1 amide bonds. The first-order valence-corrected chi connectivity index (χ1v) is 8.16. The minimum Gasteiger partial charge on any atom is -0.494 e. The maximum absolute atomic E-state index is 12.3. The number of nitrogens with zero attached hydrogens (tertiary/aromatic N) is 1. The Morgan fingerprint density at radius 3 is 2.55 bits per heavy atom. The lowest BCUT2D eigenvalue weighted by Gasteiger charge is -2.31. The van der Waals surface area contributed by atoms with E-state index in [0.717, 1.165) is 50.7 Å². The van der Waals surface area contributed by atoms with Crippen LogP contribution in [0.4, 0.5) is 0 Å². The zero-order chi connectivity index (χ0) is 15.8. The molecule has 4 nitrogen and oxygen atoms in total. The fourth-order valence-corrected chi connectivity index (χ4v) is 2.75. The van der Waals surface area contributed by atoms with Crippen molar-refractivity contribution in [2.45, 2.75) is 57.4 Å². The van der Waals surface area contributed by atoms with Crippen LogP contribution in [0, 0.1) is 11.3 Å². The SMILES string of the molecule is CCCCOc1ccc(C(=O)NC2(C#N)CCCCC2)cc1. The predicted octanol–water partition coefficient (Wildman–Crippen LogP) is 3.82. The van der Waals surface area contributed by atoms with E-state index >= 15 is 0 Å². The van der Waals surface area contributed by atoms with E-state index in [1.807, 2.05) is 12.1 Å². The summed E-state index contributed by atoms with van der Waals surface area (Å²) >= 11 is 0. The van der Waals surface area contributed by atoms with Gasteiger partial charge in [-0.25, -0.2) is 0 Å². The number of carbonyl (C=O) groups is 1. The van der Waals surface area contributed by atoms with Crippen molar-refractivity contribution in [1.82, 2.24) is 5.32 Å². The van der Waals surface area contributed by atoms with Crippen molar-refractivity contribution < 1.29 is 9.53 Å². The van der Waals surface area contributed by atoms with Crippen LogP contribution in [0.1, 0.15) is 62.2 Å². The van der Waals surface area contributed by atoms with Crippen LogP contribution in [0.15, 0.2) is 24.3 Å². The number of ether oxygens (including phenoxy) is 1. The molecule has 0 heterocycles. The Balaban J connectivity index is 1.96. The largest absolute Gasteiger partial charge is 0.494 e. The van der Waals surface area contributed by atoms with Crippen LogP contribution in [0.25, 0.3) is 0 Å². The number of nitrogens with one attached hydrogen (secondary N) is 1. The summed E-state index contributed by atoms with van der Waals surface area (Å²) in [5, 5.41) is 12.3. The fourth-order valence-electron chi connectivity index (χ4n) is 2.75. The van der Waals surface area contributed by atoms with E-state index in [9.17, 15) is 10.1 Å². The van der Waals surface area contributed by atoms with Gasteiger partial charge in [0.2, 0.25) is 0 Å². The molecule has 0 atom stereocenters. The molecule has 118 valence electrons. The van der Waals surface area contributed by atoms with Crippen LogP contribution in [0.2, 0.25) is 0 Å². The molecule has 22 heavy (non-hydrogen) atoms. The molecule has 1 N–H and O–H groups in total. The Labute approximate surface area is 132 Å². The number of benzene rings is 1. The number of carbonyl (C=O) groups excluding carboxylic acids is 1. The van der Waals surface area contributed by atoms with E-state index in [4.69, 9.17) is 4.74 Å². The molecule has 1 aromatic rings. The van der Waals surface area contributed by atoms with Gasteiger partial charge in [0.1, 0.15) is 11.3 Å². The normalized spacial score (nSPS) is 16.5. The fraction of sp³-hybridized carbons (Fsp3) is 0.556. The molecule has 1 aliphatic rings. The highest BCUT2D eigenvalue weighted by Gasteiger charge is 2.33. The minimum atomic E-state index is -0.689. The van der Waals surface area contributed by atoms with Crippen molar-refractivity contribution in [1.29, 1.82) is 5.26 Å². The van der Waals surface area contributed by atoms with Gasteiger partial charge in [-0.15, -0.1) is 0 Å². The van der Waals surface area contributed by atoms with E-state index in [1.165, 1.54) is 0 Å². The second-order valence-corrected chi connectivity index (χ2v) is 5.94. The van der Waals surface area contributed by atoms with Crippen molar-refractivity contribution in [3.63, 3.8) is 0 Å². The summed E-state index contributed by atoms with van der Waals surface area (Å²) in [7, 11) is 0. The van der Waals surface area contributed by atoms with Gasteiger partial charge in [0.25, 0.3) is 5.91 Å². The summed E-state index contributed by atoms with van der Waals surface area (Å²) in [6.45, 7) is 2.81. The molecule has 1 aliphatic carbocycles. The van der Waals surface area contributed by atoms with Gasteiger partial charge in [-0.3, -0.25) is 4.79 Å². The molecule has 0 radical (unpaired) electrons. The van der Waals surface area contributed by atoms with Crippen molar-refractivity contribution in [2.24, 2.45) is 0 Å². The first kappa shape index (κ1) is 16.4. The standard InChI is InChI=1S/C18H24N2O2/c1-2-3-13-22-16-9-7-15(8-10-16)17(21)20-18(14-19)11-5-4-6-12-18/h7-10H,2-6,11-13H2,1H3,(H,20,21). The number of nitriles is 1. The first-order chi connectivity index (χ1) is 10.7. The van der Waals surface area contributed by atoms with Crippen molar-refractivity contribution in [3.05, 3.63) is 29.8 Å². The molecule has 0 aromatic heterocycles. The van der Waals surface area contributed by atoms with Crippen molar-refractivity contribution in [2.75, 3.05) is 6.61 Å². The quantitative estimate of drug-likeness (QED) is 0.812. The Morgan fingerprint density at radius 2 is 1.95 bits per heavy atom.